The van der Waals surface area contributed by atoms with Crippen LogP contribution in [0.3, 0.4) is 0 Å². The lowest BCUT2D eigenvalue weighted by Crippen LogP contribution is -2.51. The third-order valence-corrected chi connectivity index (χ3v) is 6.16. The van der Waals surface area contributed by atoms with E-state index in [1.807, 2.05) is 12.1 Å². The highest BCUT2D eigenvalue weighted by atomic mass is 16.1. The number of ketones is 1. The average molecular weight is 269 g/mol. The molecule has 20 heavy (non-hydrogen) atoms. The molecule has 1 unspecified atom stereocenters. The van der Waals surface area contributed by atoms with Crippen LogP contribution in [-0.2, 0) is 4.79 Å². The van der Waals surface area contributed by atoms with Crippen molar-refractivity contribution in [3.05, 3.63) is 30.1 Å². The van der Waals surface area contributed by atoms with Crippen molar-refractivity contribution in [2.45, 2.75) is 51.4 Å². The van der Waals surface area contributed by atoms with E-state index in [4.69, 9.17) is 0 Å². The molecule has 4 aliphatic rings. The second-order valence-electron chi connectivity index (χ2n) is 7.56. The maximum absolute atomic E-state index is 13.2. The lowest BCUT2D eigenvalue weighted by atomic mass is 9.47. The van der Waals surface area contributed by atoms with Crippen molar-refractivity contribution >= 4 is 5.78 Å². The van der Waals surface area contributed by atoms with Crippen LogP contribution in [-0.4, -0.2) is 10.8 Å². The molecule has 2 heteroatoms. The summed E-state index contributed by atoms with van der Waals surface area (Å²) in [6.45, 7) is 2.09. The van der Waals surface area contributed by atoms with Crippen LogP contribution in [0, 0.1) is 23.2 Å². The van der Waals surface area contributed by atoms with Gasteiger partial charge in [0.15, 0.2) is 0 Å². The number of hydrogen-bond acceptors (Lipinski definition) is 2. The maximum Gasteiger partial charge on any atom is 0.146 e. The number of carbonyl (C=O) groups excluding carboxylic acids is 1. The van der Waals surface area contributed by atoms with Gasteiger partial charge in [-0.15, -0.1) is 0 Å². The normalized spacial score (nSPS) is 39.8. The van der Waals surface area contributed by atoms with Crippen LogP contribution in [0.15, 0.2) is 24.5 Å². The summed E-state index contributed by atoms with van der Waals surface area (Å²) in [5.74, 6) is 3.08. The molecule has 0 N–H and O–H groups in total. The molecule has 1 aromatic heterocycles. The van der Waals surface area contributed by atoms with E-state index >= 15 is 0 Å². The first-order valence-corrected chi connectivity index (χ1v) is 8.10. The van der Waals surface area contributed by atoms with Crippen molar-refractivity contribution in [2.75, 3.05) is 0 Å². The number of rotatable bonds is 3. The Bertz CT molecular complexity index is 486. The van der Waals surface area contributed by atoms with Gasteiger partial charge in [-0.05, 0) is 74.0 Å². The number of nitrogens with zero attached hydrogens (tertiary/aromatic N) is 1. The van der Waals surface area contributed by atoms with Crippen LogP contribution in [0.25, 0.3) is 0 Å². The molecule has 0 saturated heterocycles. The monoisotopic (exact) mass is 269 g/mol. The van der Waals surface area contributed by atoms with Gasteiger partial charge in [0.2, 0.25) is 0 Å². The summed E-state index contributed by atoms with van der Waals surface area (Å²) in [6.07, 6.45) is 11.3. The Kier molecular flexibility index (Phi) is 2.77. The number of aromatic nitrogens is 1. The fraction of sp³-hybridized carbons (Fsp3) is 0.667. The summed E-state index contributed by atoms with van der Waals surface area (Å²) in [6, 6.07) is 4.01. The molecule has 5 rings (SSSR count). The van der Waals surface area contributed by atoms with Crippen LogP contribution in [0.4, 0.5) is 0 Å². The molecule has 1 heterocycles. The second kappa shape index (κ2) is 4.41. The van der Waals surface area contributed by atoms with Crippen molar-refractivity contribution in [3.63, 3.8) is 0 Å². The van der Waals surface area contributed by atoms with Crippen molar-refractivity contribution in [3.8, 4) is 0 Å². The SMILES string of the molecule is CC(C(=O)C12CC3CC(CC(C3)C1)C2)c1ccncc1. The van der Waals surface area contributed by atoms with Crippen molar-refractivity contribution in [2.24, 2.45) is 23.2 Å². The van der Waals surface area contributed by atoms with Gasteiger partial charge in [-0.1, -0.05) is 6.92 Å². The van der Waals surface area contributed by atoms with Crippen LogP contribution < -0.4 is 0 Å². The van der Waals surface area contributed by atoms with E-state index in [2.05, 4.69) is 11.9 Å². The van der Waals surface area contributed by atoms with Gasteiger partial charge in [-0.2, -0.15) is 0 Å². The zero-order chi connectivity index (χ0) is 13.7. The van der Waals surface area contributed by atoms with Gasteiger partial charge in [0, 0.05) is 23.7 Å². The van der Waals surface area contributed by atoms with E-state index in [0.29, 0.717) is 5.78 Å². The average Bonchev–Trinajstić information content (AvgIpc) is 2.45. The molecule has 0 amide bonds. The van der Waals surface area contributed by atoms with Gasteiger partial charge in [-0.25, -0.2) is 0 Å². The maximum atomic E-state index is 13.2. The Balaban J connectivity index is 1.62. The zero-order valence-corrected chi connectivity index (χ0v) is 12.2. The van der Waals surface area contributed by atoms with Gasteiger partial charge >= 0.3 is 0 Å². The van der Waals surface area contributed by atoms with Gasteiger partial charge in [-0.3, -0.25) is 9.78 Å². The first-order chi connectivity index (χ1) is 9.66. The summed E-state index contributed by atoms with van der Waals surface area (Å²) >= 11 is 0. The van der Waals surface area contributed by atoms with Crippen LogP contribution in [0.1, 0.15) is 56.9 Å². The molecule has 106 valence electrons. The minimum atomic E-state index is 0.0252. The van der Waals surface area contributed by atoms with Gasteiger partial charge in [0.25, 0.3) is 0 Å². The molecule has 0 spiro atoms. The molecule has 4 saturated carbocycles. The highest BCUT2D eigenvalue weighted by molar-refractivity contribution is 5.91. The minimum Gasteiger partial charge on any atom is -0.298 e. The summed E-state index contributed by atoms with van der Waals surface area (Å²) < 4.78 is 0. The molecule has 1 aromatic rings. The first kappa shape index (κ1) is 12.6. The number of pyridine rings is 1. The predicted molar refractivity (Wildman–Crippen MR) is 78.3 cm³/mol. The molecule has 2 nitrogen and oxygen atoms in total. The number of Topliss-reactive ketones (excluding diaryl/α,β-unsaturated/α-hetero) is 1. The van der Waals surface area contributed by atoms with Crippen LogP contribution >= 0.6 is 0 Å². The molecule has 0 aromatic carbocycles. The third kappa shape index (κ3) is 1.84. The van der Waals surface area contributed by atoms with E-state index in [1.165, 1.54) is 38.5 Å². The van der Waals surface area contributed by atoms with E-state index in [0.717, 1.165) is 23.3 Å². The zero-order valence-electron chi connectivity index (χ0n) is 12.2. The molecule has 1 atom stereocenters. The smallest absolute Gasteiger partial charge is 0.146 e. The van der Waals surface area contributed by atoms with Crippen molar-refractivity contribution < 1.29 is 4.79 Å². The van der Waals surface area contributed by atoms with E-state index in [-0.39, 0.29) is 11.3 Å². The highest BCUT2D eigenvalue weighted by Gasteiger charge is 2.55. The Labute approximate surface area is 121 Å². The third-order valence-electron chi connectivity index (χ3n) is 6.16. The number of carbonyl (C=O) groups is 1. The molecule has 0 aliphatic heterocycles. The molecule has 4 aliphatic carbocycles. The van der Waals surface area contributed by atoms with E-state index < -0.39 is 0 Å². The Morgan fingerprint density at radius 1 is 1.10 bits per heavy atom. The van der Waals surface area contributed by atoms with Gasteiger partial charge < -0.3 is 0 Å². The lowest BCUT2D eigenvalue weighted by Gasteiger charge is -2.56. The van der Waals surface area contributed by atoms with E-state index in [9.17, 15) is 4.79 Å². The number of hydrogen-bond donors (Lipinski definition) is 0. The molecule has 0 radical (unpaired) electrons. The summed E-state index contributed by atoms with van der Waals surface area (Å²) in [5, 5.41) is 0. The highest BCUT2D eigenvalue weighted by Crippen LogP contribution is 2.61. The fourth-order valence-corrected chi connectivity index (χ4v) is 5.68. The molecule has 4 fully saturated rings. The fourth-order valence-electron chi connectivity index (χ4n) is 5.68. The first-order valence-electron chi connectivity index (χ1n) is 8.10. The Morgan fingerprint density at radius 2 is 1.60 bits per heavy atom. The van der Waals surface area contributed by atoms with Crippen molar-refractivity contribution in [1.29, 1.82) is 0 Å². The van der Waals surface area contributed by atoms with Gasteiger partial charge in [0.05, 0.1) is 0 Å². The van der Waals surface area contributed by atoms with Crippen LogP contribution in [0.5, 0.6) is 0 Å². The predicted octanol–water partition coefficient (Wildman–Crippen LogP) is 3.97. The molecular formula is C18H23NO. The molecule has 4 bridgehead atoms. The standard InChI is InChI=1S/C18H23NO/c1-12(16-2-4-19-5-3-16)17(20)18-9-13-6-14(10-18)8-15(7-13)11-18/h2-5,12-15H,6-11H2,1H3. The minimum absolute atomic E-state index is 0.0252. The topological polar surface area (TPSA) is 30.0 Å². The van der Waals surface area contributed by atoms with E-state index in [1.54, 1.807) is 12.4 Å². The van der Waals surface area contributed by atoms with Crippen LogP contribution in [0.2, 0.25) is 0 Å². The Morgan fingerprint density at radius 3 is 2.10 bits per heavy atom. The summed E-state index contributed by atoms with van der Waals surface area (Å²) in [4.78, 5) is 17.2. The largest absolute Gasteiger partial charge is 0.298 e. The lowest BCUT2D eigenvalue weighted by molar-refractivity contribution is -0.145. The summed E-state index contributed by atoms with van der Waals surface area (Å²) in [7, 11) is 0. The Hall–Kier alpha value is -1.18. The quantitative estimate of drug-likeness (QED) is 0.831. The second-order valence-corrected chi connectivity index (χ2v) is 7.56. The van der Waals surface area contributed by atoms with Gasteiger partial charge in [0.1, 0.15) is 5.78 Å². The molecular weight excluding hydrogens is 246 g/mol. The van der Waals surface area contributed by atoms with Crippen molar-refractivity contribution in [1.82, 2.24) is 4.98 Å². The summed E-state index contributed by atoms with van der Waals surface area (Å²) in [5.41, 5.74) is 1.16.